The molecule has 34 heavy (non-hydrogen) atoms. The summed E-state index contributed by atoms with van der Waals surface area (Å²) in [6.45, 7) is 2.25. The number of terminal acetylenes is 1. The number of ether oxygens (including phenoxy) is 1. The molecule has 1 fully saturated rings. The van der Waals surface area contributed by atoms with Crippen LogP contribution in [0.4, 0.5) is 4.39 Å². The van der Waals surface area contributed by atoms with Crippen molar-refractivity contribution >= 4 is 28.6 Å². The van der Waals surface area contributed by atoms with E-state index in [-0.39, 0.29) is 5.91 Å². The number of carbonyl (C=O) groups excluding carboxylic acids is 1. The van der Waals surface area contributed by atoms with Gasteiger partial charge in [0.15, 0.2) is 0 Å². The molecule has 6 nitrogen and oxygen atoms in total. The molecule has 0 N–H and O–H groups in total. The van der Waals surface area contributed by atoms with Gasteiger partial charge in [0.05, 0.1) is 18.7 Å². The summed E-state index contributed by atoms with van der Waals surface area (Å²) < 4.78 is 21.6. The Morgan fingerprint density at radius 2 is 1.91 bits per heavy atom. The Morgan fingerprint density at radius 3 is 2.62 bits per heavy atom. The van der Waals surface area contributed by atoms with Crippen molar-refractivity contribution in [3.8, 4) is 29.4 Å². The van der Waals surface area contributed by atoms with E-state index in [1.807, 2.05) is 35.2 Å². The molecule has 5 rings (SSSR count). The molecule has 0 bridgehead atoms. The zero-order valence-corrected chi connectivity index (χ0v) is 19.3. The monoisotopic (exact) mass is 472 g/mol. The minimum absolute atomic E-state index is 0.0243. The van der Waals surface area contributed by atoms with Gasteiger partial charge in [-0.15, -0.1) is 18.2 Å². The topological polar surface area (TPSA) is 60.2 Å². The summed E-state index contributed by atoms with van der Waals surface area (Å²) in [7, 11) is 0. The highest BCUT2D eigenvalue weighted by atomic mass is 32.2. The van der Waals surface area contributed by atoms with Crippen molar-refractivity contribution in [1.82, 2.24) is 19.4 Å². The van der Waals surface area contributed by atoms with Crippen LogP contribution in [0, 0.1) is 18.2 Å². The molecule has 170 valence electrons. The smallest absolute Gasteiger partial charge is 0.254 e. The second-order valence-corrected chi connectivity index (χ2v) is 8.66. The van der Waals surface area contributed by atoms with E-state index >= 15 is 0 Å². The molecule has 3 heterocycles. The second kappa shape index (κ2) is 9.29. The fourth-order valence-corrected chi connectivity index (χ4v) is 4.63. The van der Waals surface area contributed by atoms with Crippen molar-refractivity contribution in [2.45, 2.75) is 4.90 Å². The Kier molecular flexibility index (Phi) is 6.05. The van der Waals surface area contributed by atoms with Crippen LogP contribution >= 0.6 is 11.8 Å². The number of nitrogens with zero attached hydrogens (tertiary/aromatic N) is 4. The van der Waals surface area contributed by atoms with Gasteiger partial charge < -0.3 is 9.64 Å². The van der Waals surface area contributed by atoms with Crippen molar-refractivity contribution in [2.75, 3.05) is 32.6 Å². The Bertz CT molecular complexity index is 1420. The molecule has 0 saturated carbocycles. The molecule has 1 amide bonds. The molecular weight excluding hydrogens is 451 g/mol. The fraction of sp³-hybridized carbons (Fsp3) is 0.192. The van der Waals surface area contributed by atoms with E-state index in [0.29, 0.717) is 54.5 Å². The first kappa shape index (κ1) is 22.1. The number of aromatic nitrogens is 3. The molecule has 0 radical (unpaired) electrons. The van der Waals surface area contributed by atoms with Gasteiger partial charge in [0.25, 0.3) is 5.91 Å². The van der Waals surface area contributed by atoms with Crippen LogP contribution in [0.25, 0.3) is 28.0 Å². The Balaban J connectivity index is 1.54. The average molecular weight is 473 g/mol. The lowest BCUT2D eigenvalue weighted by molar-refractivity contribution is 0.0303. The Morgan fingerprint density at radius 1 is 1.15 bits per heavy atom. The standard InChI is InChI=1S/C26H21FN4O2S/c1-3-17-4-7-22(27)21(12-17)19-14-28-26(29-15-19)31-16-24(34-2)20-6-5-18(13-23(20)31)25(32)30-8-10-33-11-9-30/h1,4-7,12-16H,8-11H2,2H3. The van der Waals surface area contributed by atoms with Crippen molar-refractivity contribution in [1.29, 1.82) is 0 Å². The number of thioether (sulfide) groups is 1. The van der Waals surface area contributed by atoms with Crippen molar-refractivity contribution in [2.24, 2.45) is 0 Å². The molecule has 1 saturated heterocycles. The minimum Gasteiger partial charge on any atom is -0.378 e. The van der Waals surface area contributed by atoms with Gasteiger partial charge >= 0.3 is 0 Å². The van der Waals surface area contributed by atoms with E-state index in [1.54, 1.807) is 41.2 Å². The largest absolute Gasteiger partial charge is 0.378 e. The zero-order chi connectivity index (χ0) is 23.7. The SMILES string of the molecule is C#Cc1ccc(F)c(-c2cnc(-n3cc(SC)c4ccc(C(=O)N5CCOCC5)cc43)nc2)c1. The normalized spacial score (nSPS) is 13.7. The quantitative estimate of drug-likeness (QED) is 0.325. The molecule has 4 aromatic rings. The van der Waals surface area contributed by atoms with Crippen LogP contribution in [0.15, 0.2) is 59.9 Å². The summed E-state index contributed by atoms with van der Waals surface area (Å²) in [6, 6.07) is 10.2. The van der Waals surface area contributed by atoms with Gasteiger partial charge in [0.2, 0.25) is 5.95 Å². The predicted molar refractivity (Wildman–Crippen MR) is 131 cm³/mol. The third-order valence-corrected chi connectivity index (χ3v) is 6.60. The molecule has 0 spiro atoms. The highest BCUT2D eigenvalue weighted by molar-refractivity contribution is 7.98. The number of rotatable bonds is 4. The first-order valence-electron chi connectivity index (χ1n) is 10.7. The molecule has 0 unspecified atom stereocenters. The van der Waals surface area contributed by atoms with Gasteiger partial charge in [-0.2, -0.15) is 0 Å². The van der Waals surface area contributed by atoms with Crippen LogP contribution < -0.4 is 0 Å². The summed E-state index contributed by atoms with van der Waals surface area (Å²) in [5.41, 5.74) is 2.90. The van der Waals surface area contributed by atoms with E-state index in [4.69, 9.17) is 11.2 Å². The predicted octanol–water partition coefficient (Wildman–Crippen LogP) is 4.40. The Labute approximate surface area is 200 Å². The maximum absolute atomic E-state index is 14.4. The van der Waals surface area contributed by atoms with Crippen LogP contribution in [-0.2, 0) is 4.74 Å². The number of benzene rings is 2. The van der Waals surface area contributed by atoms with E-state index in [1.165, 1.54) is 6.07 Å². The molecule has 1 aliphatic rings. The van der Waals surface area contributed by atoms with Crippen LogP contribution in [0.2, 0.25) is 0 Å². The molecule has 0 atom stereocenters. The molecular formula is C26H21FN4O2S. The third kappa shape index (κ3) is 4.04. The second-order valence-electron chi connectivity index (χ2n) is 7.81. The van der Waals surface area contributed by atoms with Crippen LogP contribution in [0.3, 0.4) is 0 Å². The number of halogens is 1. The van der Waals surface area contributed by atoms with Crippen molar-refractivity contribution in [3.63, 3.8) is 0 Å². The first-order chi connectivity index (χ1) is 16.6. The molecule has 1 aliphatic heterocycles. The van der Waals surface area contributed by atoms with Crippen molar-refractivity contribution < 1.29 is 13.9 Å². The van der Waals surface area contributed by atoms with Gasteiger partial charge in [-0.25, -0.2) is 14.4 Å². The average Bonchev–Trinajstić information content (AvgIpc) is 3.27. The van der Waals surface area contributed by atoms with Gasteiger partial charge in [-0.3, -0.25) is 9.36 Å². The lowest BCUT2D eigenvalue weighted by Crippen LogP contribution is -2.40. The summed E-state index contributed by atoms with van der Waals surface area (Å²) >= 11 is 1.61. The van der Waals surface area contributed by atoms with Crippen LogP contribution in [-0.4, -0.2) is 57.9 Å². The van der Waals surface area contributed by atoms with Gasteiger partial charge in [-0.05, 0) is 36.6 Å². The number of hydrogen-bond acceptors (Lipinski definition) is 5. The van der Waals surface area contributed by atoms with E-state index < -0.39 is 5.82 Å². The van der Waals surface area contributed by atoms with Gasteiger partial charge in [0.1, 0.15) is 5.82 Å². The number of fused-ring (bicyclic) bond motifs is 1. The summed E-state index contributed by atoms with van der Waals surface area (Å²) in [5.74, 6) is 2.53. The van der Waals surface area contributed by atoms with Crippen LogP contribution in [0.5, 0.6) is 0 Å². The van der Waals surface area contributed by atoms with Crippen molar-refractivity contribution in [3.05, 3.63) is 71.9 Å². The minimum atomic E-state index is -0.391. The van der Waals surface area contributed by atoms with Gasteiger partial charge in [-0.1, -0.05) is 12.0 Å². The van der Waals surface area contributed by atoms with Gasteiger partial charge in [0, 0.05) is 64.2 Å². The number of amides is 1. The highest BCUT2D eigenvalue weighted by Crippen LogP contribution is 2.31. The number of hydrogen-bond donors (Lipinski definition) is 0. The maximum Gasteiger partial charge on any atom is 0.254 e. The highest BCUT2D eigenvalue weighted by Gasteiger charge is 2.20. The van der Waals surface area contributed by atoms with Crippen LogP contribution in [0.1, 0.15) is 15.9 Å². The number of carbonyl (C=O) groups is 1. The molecule has 2 aromatic heterocycles. The lowest BCUT2D eigenvalue weighted by atomic mass is 10.1. The first-order valence-corrected chi connectivity index (χ1v) is 12.0. The molecule has 8 heteroatoms. The fourth-order valence-electron chi connectivity index (χ4n) is 4.03. The lowest BCUT2D eigenvalue weighted by Gasteiger charge is -2.26. The summed E-state index contributed by atoms with van der Waals surface area (Å²) in [5, 5.41) is 1.01. The number of morpholine rings is 1. The molecule has 2 aromatic carbocycles. The zero-order valence-electron chi connectivity index (χ0n) is 18.5. The molecule has 0 aliphatic carbocycles. The Hall–Kier alpha value is -3.67. The summed E-state index contributed by atoms with van der Waals surface area (Å²) in [6.07, 6.45) is 12.6. The maximum atomic E-state index is 14.4. The van der Waals surface area contributed by atoms with E-state index in [0.717, 1.165) is 15.8 Å². The third-order valence-electron chi connectivity index (χ3n) is 5.83. The van der Waals surface area contributed by atoms with E-state index in [9.17, 15) is 9.18 Å². The van der Waals surface area contributed by atoms with E-state index in [2.05, 4.69) is 15.9 Å². The summed E-state index contributed by atoms with van der Waals surface area (Å²) in [4.78, 5) is 24.9.